The Bertz CT molecular complexity index is 309. The third kappa shape index (κ3) is 2.87. The summed E-state index contributed by atoms with van der Waals surface area (Å²) in [5.74, 6) is 0.288. The van der Waals surface area contributed by atoms with Crippen LogP contribution in [0.25, 0.3) is 0 Å². The molecule has 0 radical (unpaired) electrons. The Labute approximate surface area is 85.6 Å². The molecular weight excluding hydrogens is 172 g/mol. The van der Waals surface area contributed by atoms with Gasteiger partial charge in [-0.3, -0.25) is 5.41 Å². The fraction of sp³-hybridized carbons (Fsp3) is 0.417. The Morgan fingerprint density at radius 2 is 1.86 bits per heavy atom. The van der Waals surface area contributed by atoms with Gasteiger partial charge in [-0.1, -0.05) is 18.2 Å². The molecule has 0 aliphatic rings. The summed E-state index contributed by atoms with van der Waals surface area (Å²) in [6, 6.07) is 6.35. The van der Waals surface area contributed by atoms with Gasteiger partial charge >= 0.3 is 0 Å². The highest BCUT2D eigenvalue weighted by molar-refractivity contribution is 5.76. The molecule has 1 rings (SSSR count). The fourth-order valence-corrected chi connectivity index (χ4v) is 1.70. The zero-order valence-electron chi connectivity index (χ0n) is 8.93. The van der Waals surface area contributed by atoms with Gasteiger partial charge in [0.25, 0.3) is 0 Å². The third-order valence-corrected chi connectivity index (χ3v) is 2.52. The quantitative estimate of drug-likeness (QED) is 0.556. The number of hydrogen-bond donors (Lipinski definition) is 2. The predicted molar refractivity (Wildman–Crippen MR) is 60.8 cm³/mol. The predicted octanol–water partition coefficient (Wildman–Crippen LogP) is 2.56. The SMILES string of the molecule is Cc1cccc(C)c1CCCC(=N)N. The van der Waals surface area contributed by atoms with Crippen LogP contribution in [0.5, 0.6) is 0 Å². The molecule has 0 aromatic heterocycles. The molecule has 0 aliphatic carbocycles. The Kier molecular flexibility index (Phi) is 3.69. The van der Waals surface area contributed by atoms with Crippen LogP contribution in [0.1, 0.15) is 29.5 Å². The molecule has 2 heteroatoms. The largest absolute Gasteiger partial charge is 0.388 e. The number of hydrogen-bond acceptors (Lipinski definition) is 1. The molecule has 1 aromatic carbocycles. The Morgan fingerprint density at radius 1 is 1.29 bits per heavy atom. The van der Waals surface area contributed by atoms with Crippen LogP contribution in [0, 0.1) is 19.3 Å². The Morgan fingerprint density at radius 3 is 2.36 bits per heavy atom. The molecule has 0 atom stereocenters. The van der Waals surface area contributed by atoms with Gasteiger partial charge in [-0.2, -0.15) is 0 Å². The highest BCUT2D eigenvalue weighted by Crippen LogP contribution is 2.15. The monoisotopic (exact) mass is 190 g/mol. The molecule has 2 nitrogen and oxygen atoms in total. The first-order chi connectivity index (χ1) is 6.61. The molecule has 3 N–H and O–H groups in total. The zero-order chi connectivity index (χ0) is 10.6. The maximum atomic E-state index is 7.15. The van der Waals surface area contributed by atoms with E-state index in [4.69, 9.17) is 11.1 Å². The van der Waals surface area contributed by atoms with Crippen molar-refractivity contribution in [3.63, 3.8) is 0 Å². The number of nitrogens with one attached hydrogen (secondary N) is 1. The van der Waals surface area contributed by atoms with Crippen molar-refractivity contribution in [1.82, 2.24) is 0 Å². The summed E-state index contributed by atoms with van der Waals surface area (Å²) in [6.45, 7) is 4.27. The Balaban J connectivity index is 2.62. The van der Waals surface area contributed by atoms with Gasteiger partial charge in [0, 0.05) is 6.42 Å². The second kappa shape index (κ2) is 4.80. The molecule has 76 valence electrons. The second-order valence-corrected chi connectivity index (χ2v) is 3.75. The van der Waals surface area contributed by atoms with Crippen molar-refractivity contribution in [3.05, 3.63) is 34.9 Å². The van der Waals surface area contributed by atoms with E-state index in [9.17, 15) is 0 Å². The van der Waals surface area contributed by atoms with E-state index in [0.29, 0.717) is 6.42 Å². The van der Waals surface area contributed by atoms with Crippen LogP contribution in [0.2, 0.25) is 0 Å². The van der Waals surface area contributed by atoms with Gasteiger partial charge in [-0.25, -0.2) is 0 Å². The minimum Gasteiger partial charge on any atom is -0.388 e. The lowest BCUT2D eigenvalue weighted by Gasteiger charge is -2.08. The highest BCUT2D eigenvalue weighted by atomic mass is 14.7. The lowest BCUT2D eigenvalue weighted by molar-refractivity contribution is 0.845. The normalized spacial score (nSPS) is 10.1. The molecule has 0 heterocycles. The number of nitrogens with two attached hydrogens (primary N) is 1. The molecule has 0 aliphatic heterocycles. The average Bonchev–Trinajstić information content (AvgIpc) is 2.09. The fourth-order valence-electron chi connectivity index (χ4n) is 1.70. The van der Waals surface area contributed by atoms with E-state index in [0.717, 1.165) is 12.8 Å². The Hall–Kier alpha value is -1.31. The zero-order valence-corrected chi connectivity index (χ0v) is 8.93. The van der Waals surface area contributed by atoms with Crippen molar-refractivity contribution in [2.45, 2.75) is 33.1 Å². The van der Waals surface area contributed by atoms with Crippen molar-refractivity contribution < 1.29 is 0 Å². The van der Waals surface area contributed by atoms with E-state index in [1.165, 1.54) is 16.7 Å². The lowest BCUT2D eigenvalue weighted by Crippen LogP contribution is -2.09. The third-order valence-electron chi connectivity index (χ3n) is 2.52. The van der Waals surface area contributed by atoms with Gasteiger partial charge in [0.05, 0.1) is 5.84 Å². The molecule has 1 aromatic rings. The van der Waals surface area contributed by atoms with Crippen molar-refractivity contribution in [2.24, 2.45) is 5.73 Å². The van der Waals surface area contributed by atoms with Crippen LogP contribution >= 0.6 is 0 Å². The van der Waals surface area contributed by atoms with Crippen LogP contribution in [-0.4, -0.2) is 5.84 Å². The first kappa shape index (κ1) is 10.8. The van der Waals surface area contributed by atoms with E-state index in [2.05, 4.69) is 32.0 Å². The van der Waals surface area contributed by atoms with Crippen LogP contribution in [0.15, 0.2) is 18.2 Å². The second-order valence-electron chi connectivity index (χ2n) is 3.75. The van der Waals surface area contributed by atoms with Crippen LogP contribution in [0.4, 0.5) is 0 Å². The number of amidine groups is 1. The summed E-state index contributed by atoms with van der Waals surface area (Å²) in [4.78, 5) is 0. The number of aryl methyl sites for hydroxylation is 2. The highest BCUT2D eigenvalue weighted by Gasteiger charge is 2.01. The summed E-state index contributed by atoms with van der Waals surface area (Å²) in [5, 5.41) is 7.15. The van der Waals surface area contributed by atoms with E-state index in [-0.39, 0.29) is 5.84 Å². The minimum absolute atomic E-state index is 0.288. The van der Waals surface area contributed by atoms with E-state index < -0.39 is 0 Å². The summed E-state index contributed by atoms with van der Waals surface area (Å²) >= 11 is 0. The molecule has 14 heavy (non-hydrogen) atoms. The average molecular weight is 190 g/mol. The maximum Gasteiger partial charge on any atom is 0.0905 e. The van der Waals surface area contributed by atoms with Gasteiger partial charge in [0.1, 0.15) is 0 Å². The van der Waals surface area contributed by atoms with Crippen LogP contribution < -0.4 is 5.73 Å². The van der Waals surface area contributed by atoms with Crippen LogP contribution in [0.3, 0.4) is 0 Å². The summed E-state index contributed by atoms with van der Waals surface area (Å²) in [6.07, 6.45) is 2.70. The molecule has 0 saturated carbocycles. The molecule has 0 bridgehead atoms. The molecule has 0 spiro atoms. The maximum absolute atomic E-state index is 7.15. The van der Waals surface area contributed by atoms with Crippen LogP contribution in [-0.2, 0) is 6.42 Å². The van der Waals surface area contributed by atoms with E-state index >= 15 is 0 Å². The van der Waals surface area contributed by atoms with Gasteiger partial charge < -0.3 is 5.73 Å². The first-order valence-corrected chi connectivity index (χ1v) is 4.99. The summed E-state index contributed by atoms with van der Waals surface area (Å²) < 4.78 is 0. The van der Waals surface area contributed by atoms with Crippen molar-refractivity contribution in [2.75, 3.05) is 0 Å². The smallest absolute Gasteiger partial charge is 0.0905 e. The number of benzene rings is 1. The molecule has 0 amide bonds. The summed E-state index contributed by atoms with van der Waals surface area (Å²) in [5.41, 5.74) is 9.41. The van der Waals surface area contributed by atoms with Crippen molar-refractivity contribution in [3.8, 4) is 0 Å². The van der Waals surface area contributed by atoms with Gasteiger partial charge in [-0.15, -0.1) is 0 Å². The molecule has 0 unspecified atom stereocenters. The topological polar surface area (TPSA) is 49.9 Å². The van der Waals surface area contributed by atoms with Gasteiger partial charge in [0.2, 0.25) is 0 Å². The van der Waals surface area contributed by atoms with Crippen molar-refractivity contribution >= 4 is 5.84 Å². The number of rotatable bonds is 4. The van der Waals surface area contributed by atoms with Gasteiger partial charge in [-0.05, 0) is 43.4 Å². The molecular formula is C12H18N2. The van der Waals surface area contributed by atoms with E-state index in [1.807, 2.05) is 0 Å². The minimum atomic E-state index is 0.288. The lowest BCUT2D eigenvalue weighted by atomic mass is 9.98. The van der Waals surface area contributed by atoms with Gasteiger partial charge in [0.15, 0.2) is 0 Å². The molecule has 0 fully saturated rings. The van der Waals surface area contributed by atoms with Crippen molar-refractivity contribution in [1.29, 1.82) is 5.41 Å². The van der Waals surface area contributed by atoms with E-state index in [1.54, 1.807) is 0 Å². The standard InChI is InChI=1S/C12H18N2/c1-9-5-3-6-10(2)11(9)7-4-8-12(13)14/h3,5-6H,4,7-8H2,1-2H3,(H3,13,14). The summed E-state index contributed by atoms with van der Waals surface area (Å²) in [7, 11) is 0. The molecule has 0 saturated heterocycles. The first-order valence-electron chi connectivity index (χ1n) is 4.99.